The predicted molar refractivity (Wildman–Crippen MR) is 124 cm³/mol. The van der Waals surface area contributed by atoms with E-state index in [0.29, 0.717) is 6.79 Å². The van der Waals surface area contributed by atoms with Gasteiger partial charge in [0.25, 0.3) is 0 Å². The van der Waals surface area contributed by atoms with Crippen LogP contribution < -0.4 is 20.1 Å². The van der Waals surface area contributed by atoms with Gasteiger partial charge in [0, 0.05) is 32.6 Å². The van der Waals surface area contributed by atoms with E-state index in [-0.39, 0.29) is 24.0 Å². The third-order valence-electron chi connectivity index (χ3n) is 4.58. The van der Waals surface area contributed by atoms with E-state index in [1.165, 1.54) is 5.56 Å². The smallest absolute Gasteiger partial charge is 0.231 e. The molecule has 8 nitrogen and oxygen atoms in total. The fraction of sp³-hybridized carbons (Fsp3) is 0.550. The number of nitrogens with zero attached hydrogens (tertiary/aromatic N) is 4. The van der Waals surface area contributed by atoms with Gasteiger partial charge in [0.05, 0.1) is 0 Å². The number of aryl methyl sites for hydroxylation is 1. The number of nitrogens with one attached hydrogen (secondary N) is 2. The monoisotopic (exact) mass is 514 g/mol. The number of aliphatic imine (C=N–C) groups is 1. The fourth-order valence-corrected chi connectivity index (χ4v) is 2.98. The minimum atomic E-state index is 0. The Morgan fingerprint density at radius 2 is 2.00 bits per heavy atom. The zero-order valence-corrected chi connectivity index (χ0v) is 19.5. The molecule has 0 radical (unpaired) electrons. The van der Waals surface area contributed by atoms with Crippen molar-refractivity contribution < 1.29 is 9.47 Å². The molecule has 2 heterocycles. The zero-order chi connectivity index (χ0) is 19.6. The summed E-state index contributed by atoms with van der Waals surface area (Å²) in [5.74, 6) is 3.50. The van der Waals surface area contributed by atoms with Crippen LogP contribution in [0.4, 0.5) is 0 Å². The quantitative estimate of drug-likeness (QED) is 0.220. The van der Waals surface area contributed by atoms with Gasteiger partial charge in [-0.2, -0.15) is 0 Å². The van der Waals surface area contributed by atoms with Crippen LogP contribution in [0.5, 0.6) is 11.5 Å². The van der Waals surface area contributed by atoms with Crippen LogP contribution in [0.25, 0.3) is 0 Å². The van der Waals surface area contributed by atoms with Crippen molar-refractivity contribution in [3.05, 3.63) is 35.9 Å². The third-order valence-corrected chi connectivity index (χ3v) is 4.58. The average Bonchev–Trinajstić information content (AvgIpc) is 3.36. The van der Waals surface area contributed by atoms with E-state index in [0.717, 1.165) is 75.1 Å². The number of ether oxygens (including phenoxy) is 2. The number of halogens is 1. The minimum absolute atomic E-state index is 0. The highest BCUT2D eigenvalue weighted by molar-refractivity contribution is 14.0. The molecule has 1 aliphatic heterocycles. The number of guanidine groups is 1. The van der Waals surface area contributed by atoms with Gasteiger partial charge in [0.1, 0.15) is 12.2 Å². The summed E-state index contributed by atoms with van der Waals surface area (Å²) in [5, 5.41) is 14.9. The minimum Gasteiger partial charge on any atom is -0.454 e. The van der Waals surface area contributed by atoms with Crippen molar-refractivity contribution in [2.75, 3.05) is 26.4 Å². The van der Waals surface area contributed by atoms with Crippen LogP contribution in [0, 0.1) is 0 Å². The molecule has 3 rings (SSSR count). The standard InChI is InChI=1S/C20H30N6O2.HI/c1-3-5-9-21-20(23-11-12-26-14-24-25-19(26)4-2)22-10-8-16-6-7-17-18(13-16)28-15-27-17;/h6-7,13-14H,3-5,8-12,15H2,1-2H3,(H2,21,22,23);1H. The summed E-state index contributed by atoms with van der Waals surface area (Å²) in [4.78, 5) is 4.67. The van der Waals surface area contributed by atoms with Crippen LogP contribution in [0.2, 0.25) is 0 Å². The first-order valence-corrected chi connectivity index (χ1v) is 10.1. The average molecular weight is 514 g/mol. The lowest BCUT2D eigenvalue weighted by Gasteiger charge is -2.13. The number of benzene rings is 1. The summed E-state index contributed by atoms with van der Waals surface area (Å²) in [5.41, 5.74) is 1.21. The highest BCUT2D eigenvalue weighted by Gasteiger charge is 2.13. The van der Waals surface area contributed by atoms with E-state index in [1.54, 1.807) is 6.33 Å². The maximum atomic E-state index is 5.45. The Morgan fingerprint density at radius 1 is 1.17 bits per heavy atom. The first-order valence-electron chi connectivity index (χ1n) is 10.1. The number of aromatic nitrogens is 3. The third kappa shape index (κ3) is 7.06. The Labute approximate surface area is 189 Å². The van der Waals surface area contributed by atoms with Gasteiger partial charge in [-0.1, -0.05) is 26.3 Å². The number of hydrogen-bond donors (Lipinski definition) is 2. The van der Waals surface area contributed by atoms with Crippen LogP contribution in [0.3, 0.4) is 0 Å². The van der Waals surface area contributed by atoms with Gasteiger partial charge in [-0.3, -0.25) is 4.99 Å². The normalized spacial score (nSPS) is 12.6. The van der Waals surface area contributed by atoms with Crippen molar-refractivity contribution in [3.63, 3.8) is 0 Å². The topological polar surface area (TPSA) is 85.6 Å². The van der Waals surface area contributed by atoms with Gasteiger partial charge in [0.15, 0.2) is 17.5 Å². The SMILES string of the molecule is CCCCN=C(NCCc1ccc2c(c1)OCO2)NCCn1cnnc1CC.I. The lowest BCUT2D eigenvalue weighted by Crippen LogP contribution is -2.40. The Morgan fingerprint density at radius 3 is 2.83 bits per heavy atom. The number of fused-ring (bicyclic) bond motifs is 1. The van der Waals surface area contributed by atoms with Gasteiger partial charge in [0.2, 0.25) is 6.79 Å². The van der Waals surface area contributed by atoms with Crippen LogP contribution in [-0.2, 0) is 19.4 Å². The lowest BCUT2D eigenvalue weighted by atomic mass is 10.1. The number of rotatable bonds is 10. The van der Waals surface area contributed by atoms with Crippen LogP contribution in [0.15, 0.2) is 29.5 Å². The molecule has 0 fully saturated rings. The lowest BCUT2D eigenvalue weighted by molar-refractivity contribution is 0.174. The van der Waals surface area contributed by atoms with Crippen molar-refractivity contribution >= 4 is 29.9 Å². The molecule has 0 aliphatic carbocycles. The molecule has 0 saturated heterocycles. The van der Waals surface area contributed by atoms with Crippen molar-refractivity contribution in [1.29, 1.82) is 0 Å². The molecule has 0 unspecified atom stereocenters. The van der Waals surface area contributed by atoms with E-state index in [4.69, 9.17) is 9.47 Å². The Bertz CT molecular complexity index is 780. The zero-order valence-electron chi connectivity index (χ0n) is 17.2. The molecule has 2 N–H and O–H groups in total. The summed E-state index contributed by atoms with van der Waals surface area (Å²) in [6.07, 6.45) is 5.76. The number of unbranched alkanes of at least 4 members (excludes halogenated alkanes) is 1. The molecule has 1 aliphatic rings. The van der Waals surface area contributed by atoms with Crippen LogP contribution >= 0.6 is 24.0 Å². The molecule has 0 atom stereocenters. The second-order valence-corrected chi connectivity index (χ2v) is 6.67. The fourth-order valence-electron chi connectivity index (χ4n) is 2.98. The number of hydrogen-bond acceptors (Lipinski definition) is 5. The molecule has 0 saturated carbocycles. The highest BCUT2D eigenvalue weighted by atomic mass is 127. The summed E-state index contributed by atoms with van der Waals surface area (Å²) in [7, 11) is 0. The first kappa shape index (κ1) is 23.2. The van der Waals surface area contributed by atoms with Crippen molar-refractivity contribution in [2.24, 2.45) is 4.99 Å². The summed E-state index contributed by atoms with van der Waals surface area (Å²) in [6.45, 7) is 7.77. The molecule has 9 heteroatoms. The second-order valence-electron chi connectivity index (χ2n) is 6.67. The van der Waals surface area contributed by atoms with Gasteiger partial charge < -0.3 is 24.7 Å². The summed E-state index contributed by atoms with van der Waals surface area (Å²) in [6, 6.07) is 6.09. The molecule has 0 spiro atoms. The van der Waals surface area contributed by atoms with E-state index < -0.39 is 0 Å². The van der Waals surface area contributed by atoms with E-state index in [2.05, 4.69) is 50.3 Å². The van der Waals surface area contributed by atoms with Gasteiger partial charge in [-0.25, -0.2) is 0 Å². The predicted octanol–water partition coefficient (Wildman–Crippen LogP) is 2.77. The van der Waals surface area contributed by atoms with Crippen LogP contribution in [0.1, 0.15) is 38.1 Å². The molecule has 1 aromatic heterocycles. The van der Waals surface area contributed by atoms with E-state index >= 15 is 0 Å². The highest BCUT2D eigenvalue weighted by Crippen LogP contribution is 2.32. The largest absolute Gasteiger partial charge is 0.454 e. The molecule has 160 valence electrons. The molecule has 2 aromatic rings. The van der Waals surface area contributed by atoms with Crippen molar-refractivity contribution in [1.82, 2.24) is 25.4 Å². The molecular formula is C20H31IN6O2. The molecule has 0 bridgehead atoms. The summed E-state index contributed by atoms with van der Waals surface area (Å²) >= 11 is 0. The first-order chi connectivity index (χ1) is 13.8. The second kappa shape index (κ2) is 12.5. The maximum absolute atomic E-state index is 5.45. The maximum Gasteiger partial charge on any atom is 0.231 e. The Balaban J connectivity index is 0.00000300. The molecule has 29 heavy (non-hydrogen) atoms. The molecular weight excluding hydrogens is 483 g/mol. The van der Waals surface area contributed by atoms with Crippen molar-refractivity contribution in [2.45, 2.75) is 46.1 Å². The Hall–Kier alpha value is -2.04. The van der Waals surface area contributed by atoms with Gasteiger partial charge in [-0.05, 0) is 30.5 Å². The van der Waals surface area contributed by atoms with Gasteiger partial charge in [-0.15, -0.1) is 34.2 Å². The molecule has 0 amide bonds. The molecule has 1 aromatic carbocycles. The van der Waals surface area contributed by atoms with Crippen LogP contribution in [-0.4, -0.2) is 47.2 Å². The van der Waals surface area contributed by atoms with E-state index in [1.807, 2.05) is 12.1 Å². The van der Waals surface area contributed by atoms with Gasteiger partial charge >= 0.3 is 0 Å². The van der Waals surface area contributed by atoms with E-state index in [9.17, 15) is 0 Å². The van der Waals surface area contributed by atoms with Crippen molar-refractivity contribution in [3.8, 4) is 11.5 Å². The summed E-state index contributed by atoms with van der Waals surface area (Å²) < 4.78 is 12.9. The Kier molecular flexibility index (Phi) is 10.0.